The zero-order valence-electron chi connectivity index (χ0n) is 7.94. The summed E-state index contributed by atoms with van der Waals surface area (Å²) < 4.78 is 0. The minimum atomic E-state index is -0.614. The van der Waals surface area contributed by atoms with Gasteiger partial charge in [-0.05, 0) is 6.92 Å². The van der Waals surface area contributed by atoms with Crippen LogP contribution in [0.4, 0.5) is 9.93 Å². The Bertz CT molecular complexity index is 489. The van der Waals surface area contributed by atoms with Crippen molar-refractivity contribution in [3.05, 3.63) is 17.4 Å². The molecule has 7 heteroatoms. The standard InChI is InChI=1S/C8H9N5OS/c1-4-10-2-5(11-4)6-3-15-8(12-6)13-7(9)14/h2-3H,1H3,(H,10,11)(H3,9,12,13,14). The van der Waals surface area contributed by atoms with Crippen LogP contribution in [0.2, 0.25) is 0 Å². The second-order valence-corrected chi connectivity index (χ2v) is 3.77. The normalized spacial score (nSPS) is 10.2. The number of carbonyl (C=O) groups is 1. The van der Waals surface area contributed by atoms with E-state index in [9.17, 15) is 4.79 Å². The summed E-state index contributed by atoms with van der Waals surface area (Å²) in [5.41, 5.74) is 6.53. The summed E-state index contributed by atoms with van der Waals surface area (Å²) in [6.45, 7) is 1.86. The maximum atomic E-state index is 10.6. The molecule has 0 aliphatic rings. The number of urea groups is 1. The second kappa shape index (κ2) is 3.70. The fourth-order valence-corrected chi connectivity index (χ4v) is 1.82. The van der Waals surface area contributed by atoms with Crippen molar-refractivity contribution in [3.8, 4) is 11.4 Å². The first-order valence-corrected chi connectivity index (χ1v) is 5.07. The van der Waals surface area contributed by atoms with Gasteiger partial charge in [-0.1, -0.05) is 0 Å². The van der Waals surface area contributed by atoms with Crippen LogP contribution >= 0.6 is 11.3 Å². The van der Waals surface area contributed by atoms with Crippen molar-refractivity contribution in [2.45, 2.75) is 6.92 Å². The zero-order chi connectivity index (χ0) is 10.8. The number of nitrogens with one attached hydrogen (secondary N) is 2. The summed E-state index contributed by atoms with van der Waals surface area (Å²) in [5, 5.41) is 4.71. The number of aromatic nitrogens is 3. The third kappa shape index (κ3) is 2.13. The van der Waals surface area contributed by atoms with E-state index in [1.807, 2.05) is 12.3 Å². The van der Waals surface area contributed by atoms with Crippen LogP contribution in [-0.2, 0) is 0 Å². The van der Waals surface area contributed by atoms with Crippen LogP contribution in [0, 0.1) is 6.92 Å². The number of aromatic amines is 1. The second-order valence-electron chi connectivity index (χ2n) is 2.91. The van der Waals surface area contributed by atoms with Gasteiger partial charge in [0.2, 0.25) is 0 Å². The third-order valence-electron chi connectivity index (χ3n) is 1.71. The number of hydrogen-bond acceptors (Lipinski definition) is 4. The average molecular weight is 223 g/mol. The number of aryl methyl sites for hydroxylation is 1. The fraction of sp³-hybridized carbons (Fsp3) is 0.125. The van der Waals surface area contributed by atoms with Crippen molar-refractivity contribution in [3.63, 3.8) is 0 Å². The van der Waals surface area contributed by atoms with Crippen molar-refractivity contribution < 1.29 is 4.79 Å². The van der Waals surface area contributed by atoms with Crippen LogP contribution in [0.25, 0.3) is 11.4 Å². The van der Waals surface area contributed by atoms with E-state index >= 15 is 0 Å². The molecule has 2 aromatic heterocycles. The molecule has 0 unspecified atom stereocenters. The molecular weight excluding hydrogens is 214 g/mol. The quantitative estimate of drug-likeness (QED) is 0.716. The predicted octanol–water partition coefficient (Wildman–Crippen LogP) is 1.33. The lowest BCUT2D eigenvalue weighted by atomic mass is 10.4. The first kappa shape index (κ1) is 9.66. The summed E-state index contributed by atoms with van der Waals surface area (Å²) in [5.74, 6) is 0.822. The number of rotatable bonds is 2. The van der Waals surface area contributed by atoms with Crippen molar-refractivity contribution in [1.29, 1.82) is 0 Å². The van der Waals surface area contributed by atoms with Crippen LogP contribution < -0.4 is 11.1 Å². The van der Waals surface area contributed by atoms with Gasteiger partial charge >= 0.3 is 6.03 Å². The third-order valence-corrected chi connectivity index (χ3v) is 2.47. The van der Waals surface area contributed by atoms with Crippen LogP contribution in [0.5, 0.6) is 0 Å². The Hall–Kier alpha value is -1.89. The average Bonchev–Trinajstić information content (AvgIpc) is 2.72. The molecule has 2 aromatic rings. The largest absolute Gasteiger partial charge is 0.351 e. The molecule has 6 nitrogen and oxygen atoms in total. The SMILES string of the molecule is Cc1ncc(-c2csc(NC(N)=O)n2)[nH]1. The first-order valence-electron chi connectivity index (χ1n) is 4.19. The van der Waals surface area contributed by atoms with E-state index in [1.54, 1.807) is 6.20 Å². The van der Waals surface area contributed by atoms with E-state index in [0.29, 0.717) is 5.13 Å². The molecule has 0 aliphatic carbocycles. The number of nitrogens with zero attached hydrogens (tertiary/aromatic N) is 2. The molecule has 78 valence electrons. The molecule has 2 heterocycles. The first-order chi connectivity index (χ1) is 7.15. The predicted molar refractivity (Wildman–Crippen MR) is 57.6 cm³/mol. The van der Waals surface area contributed by atoms with Gasteiger partial charge in [-0.2, -0.15) is 0 Å². The molecule has 0 radical (unpaired) electrons. The summed E-state index contributed by atoms with van der Waals surface area (Å²) >= 11 is 1.31. The fourth-order valence-electron chi connectivity index (χ4n) is 1.11. The number of carbonyl (C=O) groups excluding carboxylic acids is 1. The highest BCUT2D eigenvalue weighted by molar-refractivity contribution is 7.14. The maximum Gasteiger partial charge on any atom is 0.318 e. The number of hydrogen-bond donors (Lipinski definition) is 3. The lowest BCUT2D eigenvalue weighted by Gasteiger charge is -1.92. The number of H-pyrrole nitrogens is 1. The minimum absolute atomic E-state index is 0.477. The summed E-state index contributed by atoms with van der Waals surface area (Å²) in [4.78, 5) is 21.9. The van der Waals surface area contributed by atoms with E-state index in [1.165, 1.54) is 11.3 Å². The maximum absolute atomic E-state index is 10.6. The van der Waals surface area contributed by atoms with Crippen LogP contribution in [-0.4, -0.2) is 21.0 Å². The highest BCUT2D eigenvalue weighted by atomic mass is 32.1. The number of imidazole rings is 1. The molecule has 0 aliphatic heterocycles. The van der Waals surface area contributed by atoms with E-state index < -0.39 is 6.03 Å². The lowest BCUT2D eigenvalue weighted by molar-refractivity contribution is 0.259. The molecule has 0 saturated carbocycles. The van der Waals surface area contributed by atoms with E-state index in [0.717, 1.165) is 17.2 Å². The van der Waals surface area contributed by atoms with Gasteiger partial charge in [0.05, 0.1) is 11.9 Å². The zero-order valence-corrected chi connectivity index (χ0v) is 8.76. The van der Waals surface area contributed by atoms with Gasteiger partial charge < -0.3 is 10.7 Å². The Balaban J connectivity index is 2.23. The number of primary amides is 1. The van der Waals surface area contributed by atoms with Crippen molar-refractivity contribution in [2.24, 2.45) is 5.73 Å². The Kier molecular flexibility index (Phi) is 2.38. The highest BCUT2D eigenvalue weighted by Crippen LogP contribution is 2.23. The Labute approximate surface area is 89.6 Å². The molecule has 0 fully saturated rings. The molecule has 0 aromatic carbocycles. The van der Waals surface area contributed by atoms with Crippen LogP contribution in [0.15, 0.2) is 11.6 Å². The van der Waals surface area contributed by atoms with Gasteiger partial charge in [-0.15, -0.1) is 11.3 Å². The minimum Gasteiger partial charge on any atom is -0.351 e. The molecule has 2 rings (SSSR count). The molecule has 0 bridgehead atoms. The summed E-state index contributed by atoms with van der Waals surface area (Å²) in [7, 11) is 0. The Morgan fingerprint density at radius 1 is 1.67 bits per heavy atom. The van der Waals surface area contributed by atoms with Gasteiger partial charge in [0.15, 0.2) is 5.13 Å². The highest BCUT2D eigenvalue weighted by Gasteiger charge is 2.07. The van der Waals surface area contributed by atoms with Gasteiger partial charge in [-0.3, -0.25) is 5.32 Å². The number of thiazole rings is 1. The number of amides is 2. The van der Waals surface area contributed by atoms with Gasteiger partial charge in [0.25, 0.3) is 0 Å². The molecule has 4 N–H and O–H groups in total. The van der Waals surface area contributed by atoms with Crippen molar-refractivity contribution >= 4 is 22.5 Å². The number of nitrogens with two attached hydrogens (primary N) is 1. The van der Waals surface area contributed by atoms with Crippen molar-refractivity contribution in [2.75, 3.05) is 5.32 Å². The monoisotopic (exact) mass is 223 g/mol. The van der Waals surface area contributed by atoms with Crippen LogP contribution in [0.1, 0.15) is 5.82 Å². The van der Waals surface area contributed by atoms with Gasteiger partial charge in [0, 0.05) is 5.38 Å². The smallest absolute Gasteiger partial charge is 0.318 e. The Morgan fingerprint density at radius 3 is 3.07 bits per heavy atom. The molecule has 0 saturated heterocycles. The molecule has 15 heavy (non-hydrogen) atoms. The molecule has 0 spiro atoms. The van der Waals surface area contributed by atoms with Crippen LogP contribution in [0.3, 0.4) is 0 Å². The van der Waals surface area contributed by atoms with E-state index in [2.05, 4.69) is 20.3 Å². The summed E-state index contributed by atoms with van der Waals surface area (Å²) in [6.07, 6.45) is 1.69. The molecule has 0 atom stereocenters. The topological polar surface area (TPSA) is 96.7 Å². The van der Waals surface area contributed by atoms with Crippen molar-refractivity contribution in [1.82, 2.24) is 15.0 Å². The molecule has 2 amide bonds. The van der Waals surface area contributed by atoms with E-state index in [-0.39, 0.29) is 0 Å². The summed E-state index contributed by atoms with van der Waals surface area (Å²) in [6, 6.07) is -0.614. The van der Waals surface area contributed by atoms with Gasteiger partial charge in [-0.25, -0.2) is 14.8 Å². The van der Waals surface area contributed by atoms with Gasteiger partial charge in [0.1, 0.15) is 11.5 Å². The number of anilines is 1. The van der Waals surface area contributed by atoms with E-state index in [4.69, 9.17) is 5.73 Å². The Morgan fingerprint density at radius 2 is 2.47 bits per heavy atom. The lowest BCUT2D eigenvalue weighted by Crippen LogP contribution is -2.18. The molecular formula is C8H9N5OS.